The fraction of sp³-hybridized carbons (Fsp3) is 0.682. The summed E-state index contributed by atoms with van der Waals surface area (Å²) in [6, 6.07) is 12.2. The second kappa shape index (κ2) is 8.72. The Hall–Kier alpha value is -1.43. The molecular formula is C22H33N3O2. The third-order valence-corrected chi connectivity index (χ3v) is 6.37. The number of rotatable bonds is 5. The van der Waals surface area contributed by atoms with Gasteiger partial charge in [0, 0.05) is 50.7 Å². The second-order valence-electron chi connectivity index (χ2n) is 8.34. The van der Waals surface area contributed by atoms with Crippen LogP contribution in [0.25, 0.3) is 0 Å². The van der Waals surface area contributed by atoms with Gasteiger partial charge in [0.2, 0.25) is 5.91 Å². The summed E-state index contributed by atoms with van der Waals surface area (Å²) >= 11 is 0. The molecule has 1 aromatic rings. The predicted octanol–water partition coefficient (Wildman–Crippen LogP) is 2.58. The van der Waals surface area contributed by atoms with Crippen LogP contribution in [0.4, 0.5) is 0 Å². The SMILES string of the molecule is CCCC(=O)N1CCC(N[C@@H]2C[C@H]3CO[C@@H](c4ccccc4)CN3C2)CC1. The van der Waals surface area contributed by atoms with Gasteiger partial charge < -0.3 is 15.0 Å². The van der Waals surface area contributed by atoms with E-state index in [0.29, 0.717) is 30.5 Å². The number of carbonyl (C=O) groups is 1. The van der Waals surface area contributed by atoms with Crippen LogP contribution in [-0.4, -0.2) is 66.6 Å². The lowest BCUT2D eigenvalue weighted by Gasteiger charge is -2.35. The van der Waals surface area contributed by atoms with Crippen molar-refractivity contribution < 1.29 is 9.53 Å². The van der Waals surface area contributed by atoms with Crippen molar-refractivity contribution in [3.63, 3.8) is 0 Å². The number of morpholine rings is 1. The molecule has 0 radical (unpaired) electrons. The normalized spacial score (nSPS) is 29.7. The molecule has 0 bridgehead atoms. The molecule has 3 aliphatic rings. The minimum absolute atomic E-state index is 0.203. The molecule has 4 rings (SSSR count). The highest BCUT2D eigenvalue weighted by atomic mass is 16.5. The van der Waals surface area contributed by atoms with Crippen LogP contribution in [0, 0.1) is 0 Å². The number of hydrogen-bond donors (Lipinski definition) is 1. The van der Waals surface area contributed by atoms with Crippen LogP contribution in [0.1, 0.15) is 50.7 Å². The highest BCUT2D eigenvalue weighted by Gasteiger charge is 2.38. The molecule has 27 heavy (non-hydrogen) atoms. The van der Waals surface area contributed by atoms with E-state index in [4.69, 9.17) is 4.74 Å². The topological polar surface area (TPSA) is 44.8 Å². The Morgan fingerprint density at radius 3 is 2.67 bits per heavy atom. The maximum atomic E-state index is 12.1. The predicted molar refractivity (Wildman–Crippen MR) is 107 cm³/mol. The molecule has 3 atom stereocenters. The van der Waals surface area contributed by atoms with Crippen molar-refractivity contribution in [1.29, 1.82) is 0 Å². The molecule has 0 saturated carbocycles. The second-order valence-corrected chi connectivity index (χ2v) is 8.34. The first-order valence-corrected chi connectivity index (χ1v) is 10.7. The highest BCUT2D eigenvalue weighted by Crippen LogP contribution is 2.30. The van der Waals surface area contributed by atoms with E-state index in [1.807, 2.05) is 0 Å². The number of hydrogen-bond acceptors (Lipinski definition) is 4. The van der Waals surface area contributed by atoms with Crippen LogP contribution in [0.5, 0.6) is 0 Å². The van der Waals surface area contributed by atoms with Crippen molar-refractivity contribution in [1.82, 2.24) is 15.1 Å². The van der Waals surface area contributed by atoms with E-state index in [2.05, 4.69) is 52.4 Å². The van der Waals surface area contributed by atoms with Crippen molar-refractivity contribution >= 4 is 5.91 Å². The standard InChI is InChI=1S/C22H33N3O2/c1-2-6-22(26)24-11-9-18(10-12-24)23-19-13-20-16-27-21(15-25(20)14-19)17-7-4-3-5-8-17/h3-5,7-8,18-21,23H,2,6,9-16H2,1H3/t19-,20+,21-/m1/s1. The van der Waals surface area contributed by atoms with Gasteiger partial charge in [0.05, 0.1) is 12.7 Å². The quantitative estimate of drug-likeness (QED) is 0.864. The van der Waals surface area contributed by atoms with Crippen LogP contribution in [0.15, 0.2) is 30.3 Å². The smallest absolute Gasteiger partial charge is 0.222 e. The van der Waals surface area contributed by atoms with Gasteiger partial charge in [0.1, 0.15) is 0 Å². The number of nitrogens with zero attached hydrogens (tertiary/aromatic N) is 2. The zero-order valence-electron chi connectivity index (χ0n) is 16.5. The first-order valence-electron chi connectivity index (χ1n) is 10.7. The summed E-state index contributed by atoms with van der Waals surface area (Å²) in [7, 11) is 0. The van der Waals surface area contributed by atoms with Gasteiger partial charge in [-0.3, -0.25) is 9.69 Å². The van der Waals surface area contributed by atoms with Crippen LogP contribution in [0.2, 0.25) is 0 Å². The van der Waals surface area contributed by atoms with E-state index in [1.165, 1.54) is 12.0 Å². The monoisotopic (exact) mass is 371 g/mol. The Kier molecular flexibility index (Phi) is 6.11. The Balaban J connectivity index is 1.24. The molecule has 5 nitrogen and oxygen atoms in total. The van der Waals surface area contributed by atoms with Gasteiger partial charge in [-0.05, 0) is 31.2 Å². The first kappa shape index (κ1) is 18.9. The maximum Gasteiger partial charge on any atom is 0.222 e. The molecule has 0 aromatic heterocycles. The zero-order valence-corrected chi connectivity index (χ0v) is 16.5. The minimum Gasteiger partial charge on any atom is -0.371 e. The third kappa shape index (κ3) is 4.53. The molecule has 5 heteroatoms. The number of ether oxygens (including phenoxy) is 1. The third-order valence-electron chi connectivity index (χ3n) is 6.37. The lowest BCUT2D eigenvalue weighted by molar-refractivity contribution is -0.132. The van der Waals surface area contributed by atoms with Gasteiger partial charge >= 0.3 is 0 Å². The minimum atomic E-state index is 0.203. The number of fused-ring (bicyclic) bond motifs is 1. The van der Waals surface area contributed by atoms with E-state index in [-0.39, 0.29) is 6.10 Å². The largest absolute Gasteiger partial charge is 0.371 e. The van der Waals surface area contributed by atoms with E-state index < -0.39 is 0 Å². The Bertz CT molecular complexity index is 615. The fourth-order valence-corrected chi connectivity index (χ4v) is 4.87. The molecule has 3 fully saturated rings. The van der Waals surface area contributed by atoms with Gasteiger partial charge in [-0.25, -0.2) is 0 Å². The van der Waals surface area contributed by atoms with Gasteiger partial charge in [-0.2, -0.15) is 0 Å². The van der Waals surface area contributed by atoms with Crippen molar-refractivity contribution in [2.75, 3.05) is 32.8 Å². The van der Waals surface area contributed by atoms with Gasteiger partial charge in [0.25, 0.3) is 0 Å². The van der Waals surface area contributed by atoms with Crippen LogP contribution >= 0.6 is 0 Å². The molecule has 1 aromatic carbocycles. The average molecular weight is 372 g/mol. The summed E-state index contributed by atoms with van der Waals surface area (Å²) in [5, 5.41) is 3.89. The lowest BCUT2D eigenvalue weighted by atomic mass is 10.0. The molecule has 0 unspecified atom stereocenters. The van der Waals surface area contributed by atoms with Crippen molar-refractivity contribution in [3.8, 4) is 0 Å². The molecule has 148 valence electrons. The number of benzene rings is 1. The summed E-state index contributed by atoms with van der Waals surface area (Å²) in [5.74, 6) is 0.332. The summed E-state index contributed by atoms with van der Waals surface area (Å²) in [6.07, 6.45) is 5.19. The molecule has 0 spiro atoms. The average Bonchev–Trinajstić information content (AvgIpc) is 3.11. The fourth-order valence-electron chi connectivity index (χ4n) is 4.87. The lowest BCUT2D eigenvalue weighted by Crippen LogP contribution is -2.48. The summed E-state index contributed by atoms with van der Waals surface area (Å²) in [6.45, 7) is 6.85. The highest BCUT2D eigenvalue weighted by molar-refractivity contribution is 5.76. The first-order chi connectivity index (χ1) is 13.2. The Morgan fingerprint density at radius 1 is 1.15 bits per heavy atom. The van der Waals surface area contributed by atoms with Gasteiger partial charge in [-0.15, -0.1) is 0 Å². The maximum absolute atomic E-state index is 12.1. The van der Waals surface area contributed by atoms with Gasteiger partial charge in [-0.1, -0.05) is 37.3 Å². The summed E-state index contributed by atoms with van der Waals surface area (Å²) < 4.78 is 6.17. The molecular weight excluding hydrogens is 338 g/mol. The Morgan fingerprint density at radius 2 is 1.93 bits per heavy atom. The molecule has 3 saturated heterocycles. The van der Waals surface area contributed by atoms with Crippen LogP contribution in [0.3, 0.4) is 0 Å². The molecule has 3 heterocycles. The summed E-state index contributed by atoms with van der Waals surface area (Å²) in [5.41, 5.74) is 1.29. The summed E-state index contributed by atoms with van der Waals surface area (Å²) in [4.78, 5) is 16.7. The van der Waals surface area contributed by atoms with E-state index >= 15 is 0 Å². The van der Waals surface area contributed by atoms with Crippen molar-refractivity contribution in [2.24, 2.45) is 0 Å². The number of carbonyl (C=O) groups excluding carboxylic acids is 1. The van der Waals surface area contributed by atoms with Crippen LogP contribution in [-0.2, 0) is 9.53 Å². The van der Waals surface area contributed by atoms with Gasteiger partial charge in [0.15, 0.2) is 0 Å². The van der Waals surface area contributed by atoms with Crippen molar-refractivity contribution in [3.05, 3.63) is 35.9 Å². The Labute approximate surface area is 163 Å². The van der Waals surface area contributed by atoms with E-state index in [0.717, 1.165) is 52.0 Å². The molecule has 1 N–H and O–H groups in total. The molecule has 3 aliphatic heterocycles. The number of nitrogens with one attached hydrogen (secondary N) is 1. The van der Waals surface area contributed by atoms with E-state index in [9.17, 15) is 4.79 Å². The van der Waals surface area contributed by atoms with Crippen LogP contribution < -0.4 is 5.32 Å². The van der Waals surface area contributed by atoms with Crippen molar-refractivity contribution in [2.45, 2.75) is 63.3 Å². The molecule has 0 aliphatic carbocycles. The van der Waals surface area contributed by atoms with E-state index in [1.54, 1.807) is 0 Å². The number of piperidine rings is 1. The number of amides is 1. The number of likely N-dealkylation sites (tertiary alicyclic amines) is 1. The zero-order chi connectivity index (χ0) is 18.6. The molecule has 1 amide bonds.